The highest BCUT2D eigenvalue weighted by Crippen LogP contribution is 2.29. The van der Waals surface area contributed by atoms with Crippen LogP contribution in [-0.4, -0.2) is 72.8 Å². The second-order valence-electron chi connectivity index (χ2n) is 9.11. The molecule has 4 rings (SSSR count). The third-order valence-corrected chi connectivity index (χ3v) is 10.0. The molecule has 1 N–H and O–H groups in total. The number of nitrogens with one attached hydrogen (secondary N) is 1. The van der Waals surface area contributed by atoms with E-state index in [2.05, 4.69) is 5.32 Å². The Bertz CT molecular complexity index is 1560. The number of sulfonamides is 2. The van der Waals surface area contributed by atoms with Gasteiger partial charge in [0.1, 0.15) is 12.4 Å². The van der Waals surface area contributed by atoms with Crippen LogP contribution >= 0.6 is 23.2 Å². The Labute approximate surface area is 249 Å². The summed E-state index contributed by atoms with van der Waals surface area (Å²) in [5, 5.41) is 3.43. The molecular formula is C27H29Cl2N3O7S2. The Hall–Kier alpha value is -2.87. The van der Waals surface area contributed by atoms with E-state index in [0.29, 0.717) is 58.9 Å². The van der Waals surface area contributed by atoms with Gasteiger partial charge in [0, 0.05) is 34.3 Å². The first-order valence-electron chi connectivity index (χ1n) is 12.6. The zero-order valence-electron chi connectivity index (χ0n) is 22.1. The molecule has 1 saturated heterocycles. The fourth-order valence-electron chi connectivity index (χ4n) is 4.09. The van der Waals surface area contributed by atoms with E-state index in [1.165, 1.54) is 40.7 Å². The molecule has 1 fully saturated rings. The number of halogens is 2. The number of hydrogen-bond acceptors (Lipinski definition) is 7. The smallest absolute Gasteiger partial charge is 0.251 e. The van der Waals surface area contributed by atoms with Crippen LogP contribution in [0.4, 0.5) is 5.69 Å². The molecular weight excluding hydrogens is 613 g/mol. The van der Waals surface area contributed by atoms with Crippen LogP contribution in [0, 0.1) is 0 Å². The number of ether oxygens (including phenoxy) is 2. The van der Waals surface area contributed by atoms with Gasteiger partial charge in [-0.3, -0.25) is 9.10 Å². The number of hydrogen-bond donors (Lipinski definition) is 1. The molecule has 0 aromatic heterocycles. The number of morpholine rings is 1. The zero-order chi connectivity index (χ0) is 29.6. The number of benzene rings is 3. The number of nitrogens with zero attached hydrogens (tertiary/aromatic N) is 2. The summed E-state index contributed by atoms with van der Waals surface area (Å²) in [6.07, 6.45) is 1.08. The van der Waals surface area contributed by atoms with Gasteiger partial charge in [0.05, 0.1) is 43.1 Å². The lowest BCUT2D eigenvalue weighted by Gasteiger charge is -2.26. The molecule has 3 aromatic carbocycles. The lowest BCUT2D eigenvalue weighted by atomic mass is 10.1. The Kier molecular flexibility index (Phi) is 10.2. The van der Waals surface area contributed by atoms with Gasteiger partial charge < -0.3 is 14.8 Å². The highest BCUT2D eigenvalue weighted by Gasteiger charge is 2.26. The van der Waals surface area contributed by atoms with Gasteiger partial charge >= 0.3 is 0 Å². The van der Waals surface area contributed by atoms with Crippen LogP contribution in [0.5, 0.6) is 5.75 Å². The van der Waals surface area contributed by atoms with E-state index in [9.17, 15) is 21.6 Å². The quantitative estimate of drug-likeness (QED) is 0.316. The normalized spacial score (nSPS) is 14.4. The van der Waals surface area contributed by atoms with Crippen LogP contribution in [0.1, 0.15) is 15.9 Å². The third-order valence-electron chi connectivity index (χ3n) is 6.27. The standard InChI is InChI=1S/C27H29Cl2N3O7S2/c1-40(34,35)32(19-24-25(28)3-2-4-26(24)29)21-7-5-20(6-8-21)27(33)30-13-16-39-22-9-11-23(12-10-22)41(36,37)31-14-17-38-18-15-31/h2-12H,13-19H2,1H3,(H,30,33). The molecule has 220 valence electrons. The summed E-state index contributed by atoms with van der Waals surface area (Å²) >= 11 is 12.5. The summed E-state index contributed by atoms with van der Waals surface area (Å²) in [5.41, 5.74) is 1.15. The molecule has 0 bridgehead atoms. The minimum absolute atomic E-state index is 0.0691. The van der Waals surface area contributed by atoms with Gasteiger partial charge in [-0.05, 0) is 60.7 Å². The van der Waals surface area contributed by atoms with E-state index in [1.807, 2.05) is 0 Å². The molecule has 3 aromatic rings. The van der Waals surface area contributed by atoms with Gasteiger partial charge in [-0.15, -0.1) is 0 Å². The summed E-state index contributed by atoms with van der Waals surface area (Å²) in [4.78, 5) is 12.8. The van der Waals surface area contributed by atoms with Gasteiger partial charge in [0.15, 0.2) is 0 Å². The maximum atomic E-state index is 12.7. The molecule has 1 aliphatic heterocycles. The first-order chi connectivity index (χ1) is 19.5. The van der Waals surface area contributed by atoms with Crippen molar-refractivity contribution in [3.05, 3.63) is 87.9 Å². The Morgan fingerprint density at radius 2 is 1.56 bits per heavy atom. The maximum absolute atomic E-state index is 12.7. The molecule has 0 atom stereocenters. The molecule has 1 amide bonds. The van der Waals surface area contributed by atoms with Crippen LogP contribution < -0.4 is 14.4 Å². The second-order valence-corrected chi connectivity index (χ2v) is 13.8. The number of rotatable bonds is 11. The average molecular weight is 643 g/mol. The lowest BCUT2D eigenvalue weighted by Crippen LogP contribution is -2.40. The van der Waals surface area contributed by atoms with Crippen LogP contribution in [0.2, 0.25) is 10.0 Å². The van der Waals surface area contributed by atoms with E-state index in [1.54, 1.807) is 30.3 Å². The van der Waals surface area contributed by atoms with Gasteiger partial charge in [-0.2, -0.15) is 4.31 Å². The van der Waals surface area contributed by atoms with Crippen LogP contribution in [0.3, 0.4) is 0 Å². The summed E-state index contributed by atoms with van der Waals surface area (Å²) in [5.74, 6) is 0.0937. The SMILES string of the molecule is CS(=O)(=O)N(Cc1c(Cl)cccc1Cl)c1ccc(C(=O)NCCOc2ccc(S(=O)(=O)N3CCOCC3)cc2)cc1. The van der Waals surface area contributed by atoms with Crippen molar-refractivity contribution in [3.8, 4) is 5.75 Å². The molecule has 0 saturated carbocycles. The average Bonchev–Trinajstić information content (AvgIpc) is 2.95. The third kappa shape index (κ3) is 7.91. The Balaban J connectivity index is 1.31. The predicted molar refractivity (Wildman–Crippen MR) is 158 cm³/mol. The number of anilines is 1. The molecule has 0 radical (unpaired) electrons. The van der Waals surface area contributed by atoms with Crippen LogP contribution in [0.15, 0.2) is 71.6 Å². The van der Waals surface area contributed by atoms with Crippen molar-refractivity contribution in [1.82, 2.24) is 9.62 Å². The molecule has 41 heavy (non-hydrogen) atoms. The second kappa shape index (κ2) is 13.4. The highest BCUT2D eigenvalue weighted by molar-refractivity contribution is 7.92. The van der Waals surface area contributed by atoms with Crippen molar-refractivity contribution in [2.45, 2.75) is 11.4 Å². The number of carbonyl (C=O) groups excluding carboxylic acids is 1. The zero-order valence-corrected chi connectivity index (χ0v) is 25.3. The molecule has 0 unspecified atom stereocenters. The number of amides is 1. The van der Waals surface area contributed by atoms with Gasteiger partial charge in [0.25, 0.3) is 5.91 Å². The largest absolute Gasteiger partial charge is 0.492 e. The molecule has 0 spiro atoms. The lowest BCUT2D eigenvalue weighted by molar-refractivity contribution is 0.0730. The van der Waals surface area contributed by atoms with Crippen molar-refractivity contribution in [2.75, 3.05) is 50.0 Å². The summed E-state index contributed by atoms with van der Waals surface area (Å²) in [7, 11) is -7.28. The minimum atomic E-state index is -3.69. The molecule has 0 aliphatic carbocycles. The minimum Gasteiger partial charge on any atom is -0.492 e. The summed E-state index contributed by atoms with van der Waals surface area (Å²) in [6.45, 7) is 1.64. The first kappa shape index (κ1) is 31.1. The van der Waals surface area contributed by atoms with Crippen LogP contribution in [0.25, 0.3) is 0 Å². The topological polar surface area (TPSA) is 122 Å². The number of carbonyl (C=O) groups is 1. The first-order valence-corrected chi connectivity index (χ1v) is 16.6. The highest BCUT2D eigenvalue weighted by atomic mass is 35.5. The fourth-order valence-corrected chi connectivity index (χ4v) is 6.88. The van der Waals surface area contributed by atoms with E-state index >= 15 is 0 Å². The van der Waals surface area contributed by atoms with Crippen molar-refractivity contribution >= 4 is 54.8 Å². The Morgan fingerprint density at radius 1 is 0.951 bits per heavy atom. The monoisotopic (exact) mass is 641 g/mol. The van der Waals surface area contributed by atoms with Crippen molar-refractivity contribution in [2.24, 2.45) is 0 Å². The van der Waals surface area contributed by atoms with Crippen molar-refractivity contribution in [3.63, 3.8) is 0 Å². The van der Waals surface area contributed by atoms with Gasteiger partial charge in [-0.1, -0.05) is 29.3 Å². The molecule has 1 aliphatic rings. The molecule has 14 heteroatoms. The van der Waals surface area contributed by atoms with Crippen LogP contribution in [-0.2, 0) is 31.3 Å². The van der Waals surface area contributed by atoms with Gasteiger partial charge in [-0.25, -0.2) is 16.8 Å². The van der Waals surface area contributed by atoms with E-state index < -0.39 is 20.0 Å². The predicted octanol–water partition coefficient (Wildman–Crippen LogP) is 3.79. The molecule has 10 nitrogen and oxygen atoms in total. The van der Waals surface area contributed by atoms with E-state index in [-0.39, 0.29) is 30.5 Å². The maximum Gasteiger partial charge on any atom is 0.251 e. The summed E-state index contributed by atoms with van der Waals surface area (Å²) in [6, 6.07) is 17.1. The van der Waals surface area contributed by atoms with Crippen molar-refractivity contribution < 1.29 is 31.1 Å². The Morgan fingerprint density at radius 3 is 2.15 bits per heavy atom. The van der Waals surface area contributed by atoms with E-state index in [0.717, 1.165) is 10.6 Å². The fraction of sp³-hybridized carbons (Fsp3) is 0.296. The van der Waals surface area contributed by atoms with Gasteiger partial charge in [0.2, 0.25) is 20.0 Å². The molecule has 1 heterocycles. The van der Waals surface area contributed by atoms with Crippen molar-refractivity contribution in [1.29, 1.82) is 0 Å². The van der Waals surface area contributed by atoms with E-state index in [4.69, 9.17) is 32.7 Å². The summed E-state index contributed by atoms with van der Waals surface area (Å²) < 4.78 is 63.9.